The predicted octanol–water partition coefficient (Wildman–Crippen LogP) is 2.71. The number of ketones is 1. The number of hydrogen-bond acceptors (Lipinski definition) is 4. The summed E-state index contributed by atoms with van der Waals surface area (Å²) in [6.07, 6.45) is 3.24. The Labute approximate surface area is 110 Å². The molecule has 94 valence electrons. The second kappa shape index (κ2) is 4.24. The predicted molar refractivity (Wildman–Crippen MR) is 70.0 cm³/mol. The van der Waals surface area contributed by atoms with Crippen molar-refractivity contribution < 1.29 is 14.6 Å². The normalized spacial score (nSPS) is 15.4. The average molecular weight is 253 g/mol. The van der Waals surface area contributed by atoms with Gasteiger partial charge < -0.3 is 9.84 Å². The fraction of sp³-hybridized carbons (Fsp3) is 0.0667. The van der Waals surface area contributed by atoms with Gasteiger partial charge in [0, 0.05) is 17.8 Å². The van der Waals surface area contributed by atoms with Gasteiger partial charge >= 0.3 is 0 Å². The molecule has 4 heteroatoms. The molecule has 1 aliphatic rings. The first-order valence-electron chi connectivity index (χ1n) is 5.84. The number of aromatic hydroxyl groups is 1. The van der Waals surface area contributed by atoms with Gasteiger partial charge in [0.25, 0.3) is 0 Å². The largest absolute Gasteiger partial charge is 0.508 e. The van der Waals surface area contributed by atoms with Crippen LogP contribution in [0.15, 0.2) is 42.3 Å². The molecular formula is C15H11NO3. The van der Waals surface area contributed by atoms with Crippen molar-refractivity contribution in [3.63, 3.8) is 0 Å². The lowest BCUT2D eigenvalue weighted by Crippen LogP contribution is -1.98. The topological polar surface area (TPSA) is 59.4 Å². The SMILES string of the molecule is Cc1c(O)ccc2c1O/C(=C\c1ccccn1)C2=O. The molecule has 0 radical (unpaired) electrons. The summed E-state index contributed by atoms with van der Waals surface area (Å²) in [6.45, 7) is 1.71. The number of rotatable bonds is 1. The zero-order chi connectivity index (χ0) is 13.4. The Morgan fingerprint density at radius 2 is 2.11 bits per heavy atom. The van der Waals surface area contributed by atoms with Crippen LogP contribution < -0.4 is 4.74 Å². The highest BCUT2D eigenvalue weighted by molar-refractivity contribution is 6.14. The number of benzene rings is 1. The molecule has 0 spiro atoms. The van der Waals surface area contributed by atoms with Crippen LogP contribution in [0.25, 0.3) is 6.08 Å². The molecule has 0 bridgehead atoms. The molecule has 0 amide bonds. The van der Waals surface area contributed by atoms with Crippen molar-refractivity contribution in [2.45, 2.75) is 6.92 Å². The molecule has 1 aromatic heterocycles. The van der Waals surface area contributed by atoms with Gasteiger partial charge in [-0.1, -0.05) is 6.07 Å². The van der Waals surface area contributed by atoms with Gasteiger partial charge in [-0.3, -0.25) is 9.78 Å². The van der Waals surface area contributed by atoms with E-state index >= 15 is 0 Å². The quantitative estimate of drug-likeness (QED) is 0.794. The molecule has 0 saturated heterocycles. The van der Waals surface area contributed by atoms with Crippen LogP contribution in [0, 0.1) is 6.92 Å². The summed E-state index contributed by atoms with van der Waals surface area (Å²) in [4.78, 5) is 16.3. The summed E-state index contributed by atoms with van der Waals surface area (Å²) >= 11 is 0. The number of ether oxygens (including phenoxy) is 1. The number of carbonyl (C=O) groups is 1. The minimum atomic E-state index is -0.191. The molecule has 19 heavy (non-hydrogen) atoms. The third-order valence-electron chi connectivity index (χ3n) is 3.02. The summed E-state index contributed by atoms with van der Waals surface area (Å²) in [5, 5.41) is 9.62. The lowest BCUT2D eigenvalue weighted by atomic mass is 10.1. The maximum Gasteiger partial charge on any atom is 0.232 e. The number of phenolic OH excluding ortho intramolecular Hbond substituents is 1. The van der Waals surface area contributed by atoms with Crippen molar-refractivity contribution >= 4 is 11.9 Å². The van der Waals surface area contributed by atoms with Crippen LogP contribution in [0.2, 0.25) is 0 Å². The highest BCUT2D eigenvalue weighted by Crippen LogP contribution is 2.38. The number of pyridine rings is 1. The molecule has 0 unspecified atom stereocenters. The standard InChI is InChI=1S/C15H11NO3/c1-9-12(17)6-5-11-14(18)13(19-15(9)11)8-10-4-2-3-7-16-10/h2-8,17H,1H3/b13-8-. The number of carbonyl (C=O) groups excluding carboxylic acids is 1. The molecule has 2 heterocycles. The molecular weight excluding hydrogens is 242 g/mol. The zero-order valence-corrected chi connectivity index (χ0v) is 10.3. The number of aromatic nitrogens is 1. The molecule has 4 nitrogen and oxygen atoms in total. The maximum absolute atomic E-state index is 12.2. The number of Topliss-reactive ketones (excluding diaryl/α,β-unsaturated/α-hetero) is 1. The Morgan fingerprint density at radius 3 is 2.84 bits per heavy atom. The van der Waals surface area contributed by atoms with E-state index in [1.807, 2.05) is 6.07 Å². The van der Waals surface area contributed by atoms with E-state index in [1.165, 1.54) is 6.07 Å². The third-order valence-corrected chi connectivity index (χ3v) is 3.02. The number of hydrogen-bond donors (Lipinski definition) is 1. The van der Waals surface area contributed by atoms with Crippen molar-refractivity contribution in [2.24, 2.45) is 0 Å². The maximum atomic E-state index is 12.2. The Balaban J connectivity index is 2.05. The van der Waals surface area contributed by atoms with Crippen LogP contribution in [-0.2, 0) is 0 Å². The van der Waals surface area contributed by atoms with E-state index in [0.29, 0.717) is 22.6 Å². The Hall–Kier alpha value is -2.62. The van der Waals surface area contributed by atoms with E-state index in [2.05, 4.69) is 4.98 Å². The van der Waals surface area contributed by atoms with Gasteiger partial charge in [-0.25, -0.2) is 0 Å². The molecule has 1 aromatic carbocycles. The van der Waals surface area contributed by atoms with Gasteiger partial charge in [-0.05, 0) is 31.2 Å². The van der Waals surface area contributed by atoms with E-state index in [-0.39, 0.29) is 17.3 Å². The van der Waals surface area contributed by atoms with Gasteiger partial charge in [0.2, 0.25) is 5.78 Å². The minimum absolute atomic E-state index is 0.116. The summed E-state index contributed by atoms with van der Waals surface area (Å²) in [7, 11) is 0. The van der Waals surface area contributed by atoms with Crippen LogP contribution in [0.1, 0.15) is 21.6 Å². The van der Waals surface area contributed by atoms with Crippen molar-refractivity contribution in [2.75, 3.05) is 0 Å². The van der Waals surface area contributed by atoms with Crippen LogP contribution in [0.3, 0.4) is 0 Å². The number of fused-ring (bicyclic) bond motifs is 1. The first-order chi connectivity index (χ1) is 9.16. The molecule has 1 aliphatic heterocycles. The molecule has 3 rings (SSSR count). The van der Waals surface area contributed by atoms with Crippen molar-refractivity contribution in [3.8, 4) is 11.5 Å². The lowest BCUT2D eigenvalue weighted by Gasteiger charge is -2.03. The van der Waals surface area contributed by atoms with Gasteiger partial charge in [0.1, 0.15) is 11.5 Å². The van der Waals surface area contributed by atoms with Crippen LogP contribution in [-0.4, -0.2) is 15.9 Å². The van der Waals surface area contributed by atoms with Gasteiger partial charge in [-0.2, -0.15) is 0 Å². The van der Waals surface area contributed by atoms with E-state index < -0.39 is 0 Å². The first kappa shape index (κ1) is 11.5. The smallest absolute Gasteiger partial charge is 0.232 e. The summed E-state index contributed by atoms with van der Waals surface area (Å²) in [6, 6.07) is 8.49. The number of nitrogens with zero attached hydrogens (tertiary/aromatic N) is 1. The number of allylic oxidation sites excluding steroid dienone is 1. The fourth-order valence-electron chi connectivity index (χ4n) is 1.97. The van der Waals surface area contributed by atoms with Gasteiger partial charge in [0.15, 0.2) is 5.76 Å². The first-order valence-corrected chi connectivity index (χ1v) is 5.84. The Morgan fingerprint density at radius 1 is 1.26 bits per heavy atom. The highest BCUT2D eigenvalue weighted by atomic mass is 16.5. The molecule has 0 aliphatic carbocycles. The third kappa shape index (κ3) is 1.87. The van der Waals surface area contributed by atoms with Crippen LogP contribution >= 0.6 is 0 Å². The van der Waals surface area contributed by atoms with Gasteiger partial charge in [-0.15, -0.1) is 0 Å². The zero-order valence-electron chi connectivity index (χ0n) is 10.3. The molecule has 0 fully saturated rings. The second-order valence-corrected chi connectivity index (χ2v) is 4.28. The Bertz CT molecular complexity index is 690. The van der Waals surface area contributed by atoms with E-state index in [1.54, 1.807) is 37.4 Å². The lowest BCUT2D eigenvalue weighted by molar-refractivity contribution is 0.101. The molecule has 0 atom stereocenters. The van der Waals surface area contributed by atoms with E-state index in [0.717, 1.165) is 0 Å². The Kier molecular flexibility index (Phi) is 2.56. The van der Waals surface area contributed by atoms with E-state index in [4.69, 9.17) is 4.74 Å². The van der Waals surface area contributed by atoms with Crippen molar-refractivity contribution in [3.05, 3.63) is 59.1 Å². The molecule has 2 aromatic rings. The molecule has 0 saturated carbocycles. The fourth-order valence-corrected chi connectivity index (χ4v) is 1.97. The highest BCUT2D eigenvalue weighted by Gasteiger charge is 2.29. The summed E-state index contributed by atoms with van der Waals surface area (Å²) < 4.78 is 5.55. The van der Waals surface area contributed by atoms with E-state index in [9.17, 15) is 9.90 Å². The monoisotopic (exact) mass is 253 g/mol. The average Bonchev–Trinajstić information content (AvgIpc) is 2.73. The summed E-state index contributed by atoms with van der Waals surface area (Å²) in [5.41, 5.74) is 1.69. The summed E-state index contributed by atoms with van der Waals surface area (Å²) in [5.74, 6) is 0.573. The number of phenols is 1. The van der Waals surface area contributed by atoms with Crippen LogP contribution in [0.4, 0.5) is 0 Å². The van der Waals surface area contributed by atoms with Crippen LogP contribution in [0.5, 0.6) is 11.5 Å². The second-order valence-electron chi connectivity index (χ2n) is 4.28. The minimum Gasteiger partial charge on any atom is -0.508 e. The molecule has 1 N–H and O–H groups in total. The van der Waals surface area contributed by atoms with Gasteiger partial charge in [0.05, 0.1) is 11.3 Å². The van der Waals surface area contributed by atoms with Crippen molar-refractivity contribution in [1.29, 1.82) is 0 Å². The van der Waals surface area contributed by atoms with Crippen molar-refractivity contribution in [1.82, 2.24) is 4.98 Å².